The van der Waals surface area contributed by atoms with E-state index in [1.54, 1.807) is 6.20 Å². The normalized spacial score (nSPS) is 11.1. The minimum absolute atomic E-state index is 0.519. The number of hydrogen-bond acceptors (Lipinski definition) is 3. The highest BCUT2D eigenvalue weighted by Gasteiger charge is 2.07. The highest BCUT2D eigenvalue weighted by molar-refractivity contribution is 5.32. The van der Waals surface area contributed by atoms with Crippen molar-refractivity contribution < 1.29 is 0 Å². The Bertz CT molecular complexity index is 514. The first kappa shape index (κ1) is 13.6. The Morgan fingerprint density at radius 2 is 2.00 bits per heavy atom. The second kappa shape index (κ2) is 6.36. The zero-order valence-corrected chi connectivity index (χ0v) is 11.7. The molecule has 2 N–H and O–H groups in total. The van der Waals surface area contributed by atoms with E-state index in [1.165, 1.54) is 5.56 Å². The first-order valence-corrected chi connectivity index (χ1v) is 6.97. The van der Waals surface area contributed by atoms with E-state index >= 15 is 0 Å². The van der Waals surface area contributed by atoms with Gasteiger partial charge in [-0.2, -0.15) is 5.10 Å². The van der Waals surface area contributed by atoms with Gasteiger partial charge in [-0.25, -0.2) is 4.98 Å². The lowest BCUT2D eigenvalue weighted by Gasteiger charge is -2.12. The largest absolute Gasteiger partial charge is 0.384 e. The molecule has 0 unspecified atom stereocenters. The van der Waals surface area contributed by atoms with Gasteiger partial charge >= 0.3 is 0 Å². The van der Waals surface area contributed by atoms with Crippen molar-refractivity contribution in [2.45, 2.75) is 45.6 Å². The SMILES string of the molecule is CCC(CC)n1ccc(CCc2ccnc(N)c2)n1. The molecule has 2 rings (SSSR count). The smallest absolute Gasteiger partial charge is 0.123 e. The van der Waals surface area contributed by atoms with Gasteiger partial charge < -0.3 is 5.73 Å². The summed E-state index contributed by atoms with van der Waals surface area (Å²) in [5.74, 6) is 0.583. The predicted octanol–water partition coefficient (Wildman–Crippen LogP) is 3.01. The third-order valence-electron chi connectivity index (χ3n) is 3.50. The quantitative estimate of drug-likeness (QED) is 0.866. The topological polar surface area (TPSA) is 56.7 Å². The zero-order valence-electron chi connectivity index (χ0n) is 11.7. The summed E-state index contributed by atoms with van der Waals surface area (Å²) >= 11 is 0. The molecule has 0 aliphatic carbocycles. The third kappa shape index (κ3) is 3.56. The Hall–Kier alpha value is -1.84. The van der Waals surface area contributed by atoms with E-state index in [2.05, 4.69) is 40.9 Å². The van der Waals surface area contributed by atoms with Gasteiger partial charge in [0.2, 0.25) is 0 Å². The van der Waals surface area contributed by atoms with Gasteiger partial charge in [-0.05, 0) is 49.4 Å². The molecule has 0 saturated carbocycles. The van der Waals surface area contributed by atoms with Gasteiger partial charge in [0.15, 0.2) is 0 Å². The molecule has 4 heteroatoms. The van der Waals surface area contributed by atoms with E-state index < -0.39 is 0 Å². The van der Waals surface area contributed by atoms with Gasteiger partial charge in [0.05, 0.1) is 11.7 Å². The minimum Gasteiger partial charge on any atom is -0.384 e. The van der Waals surface area contributed by atoms with Gasteiger partial charge in [-0.15, -0.1) is 0 Å². The van der Waals surface area contributed by atoms with Crippen LogP contribution in [0.4, 0.5) is 5.82 Å². The summed E-state index contributed by atoms with van der Waals surface area (Å²) in [7, 11) is 0. The molecule has 0 aromatic carbocycles. The van der Waals surface area contributed by atoms with Gasteiger partial charge in [0.1, 0.15) is 5.82 Å². The lowest BCUT2D eigenvalue weighted by Crippen LogP contribution is -2.08. The summed E-state index contributed by atoms with van der Waals surface area (Å²) in [6, 6.07) is 6.57. The number of nitrogens with two attached hydrogens (primary N) is 1. The lowest BCUT2D eigenvalue weighted by atomic mass is 10.1. The van der Waals surface area contributed by atoms with E-state index in [4.69, 9.17) is 5.73 Å². The molecule has 19 heavy (non-hydrogen) atoms. The second-order valence-electron chi connectivity index (χ2n) is 4.85. The van der Waals surface area contributed by atoms with Gasteiger partial charge in [0, 0.05) is 12.4 Å². The molecular formula is C15H22N4. The predicted molar refractivity (Wildman–Crippen MR) is 77.9 cm³/mol. The summed E-state index contributed by atoms with van der Waals surface area (Å²) < 4.78 is 2.09. The van der Waals surface area contributed by atoms with Crippen molar-refractivity contribution in [1.82, 2.24) is 14.8 Å². The van der Waals surface area contributed by atoms with Crippen LogP contribution in [-0.2, 0) is 12.8 Å². The van der Waals surface area contributed by atoms with E-state index in [0.29, 0.717) is 11.9 Å². The van der Waals surface area contributed by atoms with Crippen LogP contribution in [0.5, 0.6) is 0 Å². The highest BCUT2D eigenvalue weighted by Crippen LogP contribution is 2.15. The molecule has 0 aliphatic rings. The maximum Gasteiger partial charge on any atom is 0.123 e. The van der Waals surface area contributed by atoms with Crippen LogP contribution < -0.4 is 5.73 Å². The van der Waals surface area contributed by atoms with Crippen LogP contribution in [-0.4, -0.2) is 14.8 Å². The molecule has 2 aromatic heterocycles. The summed E-state index contributed by atoms with van der Waals surface area (Å²) in [6.45, 7) is 4.41. The molecule has 0 atom stereocenters. The van der Waals surface area contributed by atoms with Gasteiger partial charge in [-0.1, -0.05) is 13.8 Å². The standard InChI is InChI=1S/C15H22N4/c1-3-14(4-2)19-10-8-13(18-19)6-5-12-7-9-17-15(16)11-12/h7-11,14H,3-6H2,1-2H3,(H2,16,17). The summed E-state index contributed by atoms with van der Waals surface area (Å²) in [5, 5.41) is 4.66. The Morgan fingerprint density at radius 3 is 2.68 bits per heavy atom. The van der Waals surface area contributed by atoms with Crippen LogP contribution in [0, 0.1) is 0 Å². The minimum atomic E-state index is 0.519. The van der Waals surface area contributed by atoms with Gasteiger partial charge in [-0.3, -0.25) is 4.68 Å². The molecular weight excluding hydrogens is 236 g/mol. The van der Waals surface area contributed by atoms with Crippen molar-refractivity contribution in [3.05, 3.63) is 41.9 Å². The van der Waals surface area contributed by atoms with Crippen molar-refractivity contribution in [2.24, 2.45) is 0 Å². The van der Waals surface area contributed by atoms with Crippen LogP contribution in [0.2, 0.25) is 0 Å². The molecule has 0 radical (unpaired) electrons. The van der Waals surface area contributed by atoms with E-state index in [0.717, 1.165) is 31.4 Å². The summed E-state index contributed by atoms with van der Waals surface area (Å²) in [4.78, 5) is 4.00. The Balaban J connectivity index is 1.97. The van der Waals surface area contributed by atoms with Gasteiger partial charge in [0.25, 0.3) is 0 Å². The Morgan fingerprint density at radius 1 is 1.21 bits per heavy atom. The van der Waals surface area contributed by atoms with Crippen LogP contribution in [0.3, 0.4) is 0 Å². The van der Waals surface area contributed by atoms with E-state index in [-0.39, 0.29) is 0 Å². The first-order chi connectivity index (χ1) is 9.22. The molecule has 0 bridgehead atoms. The van der Waals surface area contributed by atoms with Crippen molar-refractivity contribution in [3.63, 3.8) is 0 Å². The number of aromatic nitrogens is 3. The van der Waals surface area contributed by atoms with E-state index in [1.807, 2.05) is 12.1 Å². The van der Waals surface area contributed by atoms with Crippen LogP contribution >= 0.6 is 0 Å². The summed E-state index contributed by atoms with van der Waals surface area (Å²) in [6.07, 6.45) is 7.99. The fourth-order valence-electron chi connectivity index (χ4n) is 2.30. The fourth-order valence-corrected chi connectivity index (χ4v) is 2.30. The van der Waals surface area contributed by atoms with Crippen molar-refractivity contribution in [3.8, 4) is 0 Å². The highest BCUT2D eigenvalue weighted by atomic mass is 15.3. The lowest BCUT2D eigenvalue weighted by molar-refractivity contribution is 0.425. The number of pyridine rings is 1. The van der Waals surface area contributed by atoms with Crippen molar-refractivity contribution in [2.75, 3.05) is 5.73 Å². The molecule has 2 heterocycles. The monoisotopic (exact) mass is 258 g/mol. The van der Waals surface area contributed by atoms with E-state index in [9.17, 15) is 0 Å². The Labute approximate surface area is 114 Å². The molecule has 0 amide bonds. The fraction of sp³-hybridized carbons (Fsp3) is 0.467. The molecule has 0 aliphatic heterocycles. The number of anilines is 1. The average Bonchev–Trinajstić information content (AvgIpc) is 2.87. The zero-order chi connectivity index (χ0) is 13.7. The maximum atomic E-state index is 5.68. The summed E-state index contributed by atoms with van der Waals surface area (Å²) in [5.41, 5.74) is 8.03. The Kier molecular flexibility index (Phi) is 4.55. The maximum absolute atomic E-state index is 5.68. The number of nitrogens with zero attached hydrogens (tertiary/aromatic N) is 3. The van der Waals surface area contributed by atoms with Crippen molar-refractivity contribution in [1.29, 1.82) is 0 Å². The number of rotatable bonds is 6. The van der Waals surface area contributed by atoms with Crippen LogP contribution in [0.25, 0.3) is 0 Å². The molecule has 2 aromatic rings. The number of aryl methyl sites for hydroxylation is 2. The molecule has 0 saturated heterocycles. The molecule has 102 valence electrons. The number of nitrogen functional groups attached to an aromatic ring is 1. The first-order valence-electron chi connectivity index (χ1n) is 6.97. The average molecular weight is 258 g/mol. The number of hydrogen-bond donors (Lipinski definition) is 1. The van der Waals surface area contributed by atoms with Crippen LogP contribution in [0.1, 0.15) is 44.0 Å². The van der Waals surface area contributed by atoms with Crippen LogP contribution in [0.15, 0.2) is 30.6 Å². The second-order valence-corrected chi connectivity index (χ2v) is 4.85. The molecule has 0 fully saturated rings. The third-order valence-corrected chi connectivity index (χ3v) is 3.50. The molecule has 0 spiro atoms. The molecule has 4 nitrogen and oxygen atoms in total. The van der Waals surface area contributed by atoms with Crippen molar-refractivity contribution >= 4 is 5.82 Å².